The van der Waals surface area contributed by atoms with E-state index in [4.69, 9.17) is 5.73 Å². The van der Waals surface area contributed by atoms with Gasteiger partial charge in [0.25, 0.3) is 0 Å². The second-order valence-electron chi connectivity index (χ2n) is 4.68. The number of aryl methyl sites for hydroxylation is 1. The number of nitrogens with zero attached hydrogens (tertiary/aromatic N) is 1. The number of benzene rings is 2. The molecule has 0 spiro atoms. The smallest absolute Gasteiger partial charge is 0.213 e. The molecule has 0 atom stereocenters. The first-order chi connectivity index (χ1) is 9.52. The Morgan fingerprint density at radius 2 is 1.80 bits per heavy atom. The lowest BCUT2D eigenvalue weighted by molar-refractivity contribution is -0.107. The summed E-state index contributed by atoms with van der Waals surface area (Å²) in [7, 11) is 1.66. The zero-order chi connectivity index (χ0) is 14.7. The van der Waals surface area contributed by atoms with Crippen LogP contribution in [0.15, 0.2) is 42.5 Å². The van der Waals surface area contributed by atoms with Gasteiger partial charge in [0.2, 0.25) is 6.41 Å². The third kappa shape index (κ3) is 2.69. The summed E-state index contributed by atoms with van der Waals surface area (Å²) in [5, 5.41) is 0. The van der Waals surface area contributed by atoms with Gasteiger partial charge in [0.15, 0.2) is 5.78 Å². The van der Waals surface area contributed by atoms with Crippen LogP contribution in [-0.4, -0.2) is 19.2 Å². The molecule has 1 amide bonds. The van der Waals surface area contributed by atoms with Gasteiger partial charge in [-0.3, -0.25) is 9.59 Å². The molecule has 0 heterocycles. The largest absolute Gasteiger partial charge is 0.398 e. The number of anilines is 2. The number of rotatable bonds is 4. The van der Waals surface area contributed by atoms with Gasteiger partial charge in [0.05, 0.1) is 0 Å². The number of amides is 1. The summed E-state index contributed by atoms with van der Waals surface area (Å²) >= 11 is 0. The van der Waals surface area contributed by atoms with Crippen molar-refractivity contribution in [2.45, 2.75) is 6.92 Å². The maximum Gasteiger partial charge on any atom is 0.213 e. The quantitative estimate of drug-likeness (QED) is 0.526. The zero-order valence-corrected chi connectivity index (χ0v) is 11.5. The number of carbonyl (C=O) groups is 2. The van der Waals surface area contributed by atoms with Crippen molar-refractivity contribution in [2.75, 3.05) is 17.7 Å². The summed E-state index contributed by atoms with van der Waals surface area (Å²) in [5.74, 6) is -0.119. The molecule has 2 aromatic rings. The fourth-order valence-corrected chi connectivity index (χ4v) is 1.93. The molecule has 2 aromatic carbocycles. The molecule has 0 aromatic heterocycles. The van der Waals surface area contributed by atoms with Crippen molar-refractivity contribution in [3.05, 3.63) is 59.2 Å². The highest BCUT2D eigenvalue weighted by atomic mass is 16.1. The van der Waals surface area contributed by atoms with Gasteiger partial charge in [-0.25, -0.2) is 0 Å². The minimum Gasteiger partial charge on any atom is -0.398 e. The number of hydrogen-bond donors (Lipinski definition) is 1. The summed E-state index contributed by atoms with van der Waals surface area (Å²) in [6.07, 6.45) is 0.718. The van der Waals surface area contributed by atoms with E-state index in [1.165, 1.54) is 4.90 Å². The highest BCUT2D eigenvalue weighted by Crippen LogP contribution is 2.20. The SMILES string of the molecule is Cc1ccc(N)c(C(=O)c2ccc(N(C)C=O)cc2)c1. The standard InChI is InChI=1S/C16H16N2O2/c1-11-3-8-15(17)14(9-11)16(20)12-4-6-13(7-5-12)18(2)10-19/h3-10H,17H2,1-2H3. The Morgan fingerprint density at radius 3 is 2.40 bits per heavy atom. The highest BCUT2D eigenvalue weighted by molar-refractivity contribution is 6.12. The molecule has 0 bridgehead atoms. The van der Waals surface area contributed by atoms with Crippen molar-refractivity contribution in [1.29, 1.82) is 0 Å². The molecule has 2 rings (SSSR count). The van der Waals surface area contributed by atoms with Crippen LogP contribution in [-0.2, 0) is 4.79 Å². The van der Waals surface area contributed by atoms with Gasteiger partial charge in [-0.1, -0.05) is 11.6 Å². The molecular weight excluding hydrogens is 252 g/mol. The van der Waals surface area contributed by atoms with Crippen LogP contribution < -0.4 is 10.6 Å². The maximum absolute atomic E-state index is 12.4. The highest BCUT2D eigenvalue weighted by Gasteiger charge is 2.12. The molecule has 0 unspecified atom stereocenters. The lowest BCUT2D eigenvalue weighted by atomic mass is 10.00. The third-order valence-corrected chi connectivity index (χ3v) is 3.15. The van der Waals surface area contributed by atoms with E-state index < -0.39 is 0 Å². The number of nitrogen functional groups attached to an aromatic ring is 1. The second-order valence-corrected chi connectivity index (χ2v) is 4.68. The van der Waals surface area contributed by atoms with Crippen molar-refractivity contribution in [3.63, 3.8) is 0 Å². The Bertz CT molecular complexity index is 648. The maximum atomic E-state index is 12.4. The third-order valence-electron chi connectivity index (χ3n) is 3.15. The summed E-state index contributed by atoms with van der Waals surface area (Å²) in [5.41, 5.74) is 9.08. The molecular formula is C16H16N2O2. The minimum atomic E-state index is -0.119. The Labute approximate surface area is 117 Å². The predicted octanol–water partition coefficient (Wildman–Crippen LogP) is 2.40. The van der Waals surface area contributed by atoms with Gasteiger partial charge >= 0.3 is 0 Å². The van der Waals surface area contributed by atoms with Crippen LogP contribution in [0.1, 0.15) is 21.5 Å². The van der Waals surface area contributed by atoms with E-state index in [0.717, 1.165) is 17.7 Å². The van der Waals surface area contributed by atoms with Gasteiger partial charge in [0, 0.05) is 29.5 Å². The number of carbonyl (C=O) groups excluding carboxylic acids is 2. The lowest BCUT2D eigenvalue weighted by Crippen LogP contribution is -2.13. The molecule has 4 heteroatoms. The average Bonchev–Trinajstić information content (AvgIpc) is 2.48. The summed E-state index contributed by atoms with van der Waals surface area (Å²) in [6, 6.07) is 12.2. The van der Waals surface area contributed by atoms with E-state index in [2.05, 4.69) is 0 Å². The van der Waals surface area contributed by atoms with Crippen LogP contribution in [0.25, 0.3) is 0 Å². The Hall–Kier alpha value is -2.62. The van der Waals surface area contributed by atoms with E-state index in [0.29, 0.717) is 16.8 Å². The summed E-state index contributed by atoms with van der Waals surface area (Å²) in [6.45, 7) is 1.92. The molecule has 2 N–H and O–H groups in total. The van der Waals surface area contributed by atoms with Gasteiger partial charge in [-0.05, 0) is 43.3 Å². The second kappa shape index (κ2) is 5.57. The predicted molar refractivity (Wildman–Crippen MR) is 79.9 cm³/mol. The van der Waals surface area contributed by atoms with Crippen LogP contribution in [0.3, 0.4) is 0 Å². The van der Waals surface area contributed by atoms with Gasteiger partial charge in [-0.2, -0.15) is 0 Å². The average molecular weight is 268 g/mol. The Balaban J connectivity index is 2.34. The van der Waals surface area contributed by atoms with E-state index in [1.54, 1.807) is 43.4 Å². The van der Waals surface area contributed by atoms with Crippen molar-refractivity contribution in [3.8, 4) is 0 Å². The number of ketones is 1. The zero-order valence-electron chi connectivity index (χ0n) is 11.5. The molecule has 0 aliphatic heterocycles. The number of nitrogens with two attached hydrogens (primary N) is 1. The monoisotopic (exact) mass is 268 g/mol. The van der Waals surface area contributed by atoms with Crippen LogP contribution in [0.5, 0.6) is 0 Å². The number of hydrogen-bond acceptors (Lipinski definition) is 3. The van der Waals surface area contributed by atoms with Crippen LogP contribution in [0.4, 0.5) is 11.4 Å². The molecule has 0 aliphatic rings. The van der Waals surface area contributed by atoms with Crippen LogP contribution >= 0.6 is 0 Å². The van der Waals surface area contributed by atoms with Crippen molar-refractivity contribution >= 4 is 23.6 Å². The molecule has 0 fully saturated rings. The molecule has 0 radical (unpaired) electrons. The molecule has 4 nitrogen and oxygen atoms in total. The first kappa shape index (κ1) is 13.8. The van der Waals surface area contributed by atoms with Gasteiger partial charge in [0.1, 0.15) is 0 Å². The Kier molecular flexibility index (Phi) is 3.84. The van der Waals surface area contributed by atoms with Crippen LogP contribution in [0.2, 0.25) is 0 Å². The Morgan fingerprint density at radius 1 is 1.15 bits per heavy atom. The summed E-state index contributed by atoms with van der Waals surface area (Å²) in [4.78, 5) is 24.5. The van der Waals surface area contributed by atoms with E-state index >= 15 is 0 Å². The van der Waals surface area contributed by atoms with E-state index in [1.807, 2.05) is 13.0 Å². The van der Waals surface area contributed by atoms with Gasteiger partial charge in [-0.15, -0.1) is 0 Å². The topological polar surface area (TPSA) is 63.4 Å². The first-order valence-electron chi connectivity index (χ1n) is 6.22. The molecule has 0 saturated heterocycles. The van der Waals surface area contributed by atoms with Crippen molar-refractivity contribution in [2.24, 2.45) is 0 Å². The summed E-state index contributed by atoms with van der Waals surface area (Å²) < 4.78 is 0. The van der Waals surface area contributed by atoms with Crippen molar-refractivity contribution in [1.82, 2.24) is 0 Å². The molecule has 102 valence electrons. The fraction of sp³-hybridized carbons (Fsp3) is 0.125. The molecule has 20 heavy (non-hydrogen) atoms. The fourth-order valence-electron chi connectivity index (χ4n) is 1.93. The van der Waals surface area contributed by atoms with E-state index in [-0.39, 0.29) is 5.78 Å². The lowest BCUT2D eigenvalue weighted by Gasteiger charge is -2.11. The normalized spacial score (nSPS) is 10.1. The van der Waals surface area contributed by atoms with Gasteiger partial charge < -0.3 is 10.6 Å². The van der Waals surface area contributed by atoms with Crippen LogP contribution in [0, 0.1) is 6.92 Å². The molecule has 0 aliphatic carbocycles. The molecule has 0 saturated carbocycles. The van der Waals surface area contributed by atoms with Crippen molar-refractivity contribution < 1.29 is 9.59 Å². The first-order valence-corrected chi connectivity index (χ1v) is 6.22. The minimum absolute atomic E-state index is 0.119. The van der Waals surface area contributed by atoms with E-state index in [9.17, 15) is 9.59 Å².